The first-order chi connectivity index (χ1) is 15.4. The summed E-state index contributed by atoms with van der Waals surface area (Å²) >= 11 is 0. The SMILES string of the molecule is CCOc1ccccc1NC(=O)[C@H](C)N1CCN(C(=O)c2cccc(OC(F)F)c2)CC1. The molecule has 0 radical (unpaired) electrons. The van der Waals surface area contributed by atoms with Crippen LogP contribution in [-0.2, 0) is 4.79 Å². The van der Waals surface area contributed by atoms with Crippen molar-refractivity contribution in [2.24, 2.45) is 0 Å². The molecule has 0 aromatic heterocycles. The van der Waals surface area contributed by atoms with Crippen molar-refractivity contribution in [2.45, 2.75) is 26.5 Å². The fourth-order valence-corrected chi connectivity index (χ4v) is 3.55. The van der Waals surface area contributed by atoms with Gasteiger partial charge in [0.2, 0.25) is 5.91 Å². The van der Waals surface area contributed by atoms with Gasteiger partial charge in [-0.1, -0.05) is 18.2 Å². The molecule has 32 heavy (non-hydrogen) atoms. The Morgan fingerprint density at radius 1 is 1.06 bits per heavy atom. The van der Waals surface area contributed by atoms with Crippen LogP contribution >= 0.6 is 0 Å². The van der Waals surface area contributed by atoms with Gasteiger partial charge in [-0.2, -0.15) is 8.78 Å². The number of hydrogen-bond acceptors (Lipinski definition) is 5. The van der Waals surface area contributed by atoms with Crippen LogP contribution in [0.15, 0.2) is 48.5 Å². The molecule has 9 heteroatoms. The third kappa shape index (κ3) is 5.94. The molecule has 1 saturated heterocycles. The molecular formula is C23H27F2N3O4. The van der Waals surface area contributed by atoms with Gasteiger partial charge in [-0.25, -0.2) is 0 Å². The van der Waals surface area contributed by atoms with Crippen LogP contribution in [0.5, 0.6) is 11.5 Å². The van der Waals surface area contributed by atoms with Gasteiger partial charge in [-0.05, 0) is 44.2 Å². The lowest BCUT2D eigenvalue weighted by atomic mass is 10.1. The third-order valence-electron chi connectivity index (χ3n) is 5.28. The first kappa shape index (κ1) is 23.5. The van der Waals surface area contributed by atoms with Gasteiger partial charge in [0.1, 0.15) is 11.5 Å². The number of halogens is 2. The first-order valence-corrected chi connectivity index (χ1v) is 10.5. The summed E-state index contributed by atoms with van der Waals surface area (Å²) in [7, 11) is 0. The summed E-state index contributed by atoms with van der Waals surface area (Å²) in [5.74, 6) is 0.145. The number of piperazine rings is 1. The number of nitrogens with one attached hydrogen (secondary N) is 1. The standard InChI is InChI=1S/C23H27F2N3O4/c1-3-31-20-10-5-4-9-19(20)26-21(29)16(2)27-11-13-28(14-12-27)22(30)17-7-6-8-18(15-17)32-23(24)25/h4-10,15-16,23H,3,11-14H2,1-2H3,(H,26,29)/t16-/m0/s1. The van der Waals surface area contributed by atoms with Crippen molar-refractivity contribution >= 4 is 17.5 Å². The Hall–Kier alpha value is -3.20. The first-order valence-electron chi connectivity index (χ1n) is 10.5. The van der Waals surface area contributed by atoms with Crippen LogP contribution in [-0.4, -0.2) is 67.1 Å². The molecule has 2 amide bonds. The zero-order chi connectivity index (χ0) is 23.1. The lowest BCUT2D eigenvalue weighted by Gasteiger charge is -2.37. The van der Waals surface area contributed by atoms with Crippen LogP contribution in [0.25, 0.3) is 0 Å². The van der Waals surface area contributed by atoms with E-state index in [9.17, 15) is 18.4 Å². The van der Waals surface area contributed by atoms with Crippen LogP contribution in [0, 0.1) is 0 Å². The zero-order valence-electron chi connectivity index (χ0n) is 18.1. The van der Waals surface area contributed by atoms with E-state index in [0.29, 0.717) is 44.2 Å². The smallest absolute Gasteiger partial charge is 0.387 e. The highest BCUT2D eigenvalue weighted by Gasteiger charge is 2.28. The minimum atomic E-state index is -2.95. The number of carbonyl (C=O) groups is 2. The molecule has 7 nitrogen and oxygen atoms in total. The van der Waals surface area contributed by atoms with E-state index in [-0.39, 0.29) is 23.1 Å². The van der Waals surface area contributed by atoms with Crippen LogP contribution in [0.2, 0.25) is 0 Å². The Kier molecular flexibility index (Phi) is 7.99. The summed E-state index contributed by atoms with van der Waals surface area (Å²) in [6.45, 7) is 3.12. The Morgan fingerprint density at radius 3 is 2.47 bits per heavy atom. The summed E-state index contributed by atoms with van der Waals surface area (Å²) in [6.07, 6.45) is 0. The maximum atomic E-state index is 12.8. The van der Waals surface area contributed by atoms with Gasteiger partial charge in [-0.15, -0.1) is 0 Å². The lowest BCUT2D eigenvalue weighted by molar-refractivity contribution is -0.121. The molecule has 0 saturated carbocycles. The molecule has 2 aromatic carbocycles. The quantitative estimate of drug-likeness (QED) is 0.671. The fourth-order valence-electron chi connectivity index (χ4n) is 3.55. The van der Waals surface area contributed by atoms with Crippen LogP contribution < -0.4 is 14.8 Å². The number of nitrogens with zero attached hydrogens (tertiary/aromatic N) is 2. The summed E-state index contributed by atoms with van der Waals surface area (Å²) in [5, 5.41) is 2.91. The van der Waals surface area contributed by atoms with E-state index in [2.05, 4.69) is 10.1 Å². The number of amides is 2. The van der Waals surface area contributed by atoms with Gasteiger partial charge in [-0.3, -0.25) is 14.5 Å². The Balaban J connectivity index is 1.56. The van der Waals surface area contributed by atoms with Crippen molar-refractivity contribution in [3.8, 4) is 11.5 Å². The maximum absolute atomic E-state index is 12.8. The van der Waals surface area contributed by atoms with E-state index in [1.807, 2.05) is 30.9 Å². The molecule has 0 aliphatic carbocycles. The highest BCUT2D eigenvalue weighted by atomic mass is 19.3. The number of alkyl halides is 2. The molecule has 3 rings (SSSR count). The number of anilines is 1. The largest absolute Gasteiger partial charge is 0.492 e. The average Bonchev–Trinajstić information content (AvgIpc) is 2.79. The average molecular weight is 447 g/mol. The maximum Gasteiger partial charge on any atom is 0.387 e. The number of ether oxygens (including phenoxy) is 2. The molecule has 1 N–H and O–H groups in total. The number of benzene rings is 2. The summed E-state index contributed by atoms with van der Waals surface area (Å²) in [5.41, 5.74) is 0.904. The van der Waals surface area contributed by atoms with Crippen molar-refractivity contribution in [2.75, 3.05) is 38.1 Å². The molecule has 2 aromatic rings. The molecule has 0 bridgehead atoms. The minimum absolute atomic E-state index is 0.0536. The second-order valence-electron chi connectivity index (χ2n) is 7.33. The van der Waals surface area contributed by atoms with Crippen molar-refractivity contribution < 1.29 is 27.8 Å². The lowest BCUT2D eigenvalue weighted by Crippen LogP contribution is -2.54. The predicted molar refractivity (Wildman–Crippen MR) is 116 cm³/mol. The van der Waals surface area contributed by atoms with Gasteiger partial charge in [0.05, 0.1) is 18.3 Å². The summed E-state index contributed by atoms with van der Waals surface area (Å²) in [4.78, 5) is 29.2. The van der Waals surface area contributed by atoms with Gasteiger partial charge in [0.25, 0.3) is 5.91 Å². The van der Waals surface area contributed by atoms with Crippen LogP contribution in [0.4, 0.5) is 14.5 Å². The van der Waals surface area contributed by atoms with E-state index in [4.69, 9.17) is 4.74 Å². The zero-order valence-corrected chi connectivity index (χ0v) is 18.1. The van der Waals surface area contributed by atoms with E-state index < -0.39 is 12.7 Å². The monoisotopic (exact) mass is 447 g/mol. The molecule has 1 atom stereocenters. The van der Waals surface area contributed by atoms with Crippen molar-refractivity contribution in [1.29, 1.82) is 0 Å². The van der Waals surface area contributed by atoms with Crippen LogP contribution in [0.1, 0.15) is 24.2 Å². The highest BCUT2D eigenvalue weighted by Crippen LogP contribution is 2.24. The number of carbonyl (C=O) groups excluding carboxylic acids is 2. The van der Waals surface area contributed by atoms with Gasteiger partial charge >= 0.3 is 6.61 Å². The molecule has 1 aliphatic heterocycles. The normalized spacial score (nSPS) is 15.3. The second-order valence-corrected chi connectivity index (χ2v) is 7.33. The minimum Gasteiger partial charge on any atom is -0.492 e. The van der Waals surface area contributed by atoms with Crippen molar-refractivity contribution in [3.63, 3.8) is 0 Å². The van der Waals surface area contributed by atoms with Crippen molar-refractivity contribution in [1.82, 2.24) is 9.80 Å². The van der Waals surface area contributed by atoms with Gasteiger partial charge in [0.15, 0.2) is 0 Å². The number of para-hydroxylation sites is 2. The van der Waals surface area contributed by atoms with E-state index in [1.165, 1.54) is 18.2 Å². The second kappa shape index (κ2) is 10.9. The molecule has 1 heterocycles. The number of hydrogen-bond donors (Lipinski definition) is 1. The molecule has 0 unspecified atom stereocenters. The molecular weight excluding hydrogens is 420 g/mol. The predicted octanol–water partition coefficient (Wildman–Crippen LogP) is 3.47. The summed E-state index contributed by atoms with van der Waals surface area (Å²) < 4.78 is 34.8. The molecule has 1 aliphatic rings. The van der Waals surface area contributed by atoms with Gasteiger partial charge < -0.3 is 19.7 Å². The Bertz CT molecular complexity index is 933. The molecule has 1 fully saturated rings. The van der Waals surface area contributed by atoms with E-state index in [1.54, 1.807) is 23.1 Å². The summed E-state index contributed by atoms with van der Waals surface area (Å²) in [6, 6.07) is 12.6. The Labute approximate surface area is 185 Å². The van der Waals surface area contributed by atoms with E-state index in [0.717, 1.165) is 0 Å². The van der Waals surface area contributed by atoms with Crippen molar-refractivity contribution in [3.05, 3.63) is 54.1 Å². The molecule has 172 valence electrons. The third-order valence-corrected chi connectivity index (χ3v) is 5.28. The topological polar surface area (TPSA) is 71.1 Å². The van der Waals surface area contributed by atoms with Crippen LogP contribution in [0.3, 0.4) is 0 Å². The Morgan fingerprint density at radius 2 is 1.78 bits per heavy atom. The fraction of sp³-hybridized carbons (Fsp3) is 0.391. The highest BCUT2D eigenvalue weighted by molar-refractivity contribution is 5.96. The molecule has 0 spiro atoms. The van der Waals surface area contributed by atoms with Gasteiger partial charge in [0, 0.05) is 31.7 Å². The van der Waals surface area contributed by atoms with E-state index >= 15 is 0 Å². The number of rotatable bonds is 8.